The van der Waals surface area contributed by atoms with Crippen molar-refractivity contribution in [2.24, 2.45) is 0 Å². The molecule has 0 bridgehead atoms. The lowest BCUT2D eigenvalue weighted by molar-refractivity contribution is -0.114. The Morgan fingerprint density at radius 2 is 1.59 bits per heavy atom. The molecular weight excluding hydrogens is 480 g/mol. The van der Waals surface area contributed by atoms with E-state index in [-0.39, 0.29) is 16.3 Å². The van der Waals surface area contributed by atoms with Gasteiger partial charge in [-0.1, -0.05) is 17.7 Å². The number of benzene rings is 3. The number of aryl methyl sites for hydroxylation is 1. The normalized spacial score (nSPS) is 11.0. The number of nitrogens with one attached hydrogen (secondary N) is 1. The summed E-state index contributed by atoms with van der Waals surface area (Å²) in [5.74, 6) is 0.634. The molecule has 0 aliphatic carbocycles. The van der Waals surface area contributed by atoms with Gasteiger partial charge in [0.15, 0.2) is 11.5 Å². The van der Waals surface area contributed by atoms with Crippen molar-refractivity contribution in [1.29, 1.82) is 0 Å². The predicted molar refractivity (Wildman–Crippen MR) is 132 cm³/mol. The lowest BCUT2D eigenvalue weighted by atomic mass is 10.2. The summed E-state index contributed by atoms with van der Waals surface area (Å²) in [5.41, 5.74) is 1.60. The highest BCUT2D eigenvalue weighted by atomic mass is 35.5. The average Bonchev–Trinajstić information content (AvgIpc) is 2.84. The summed E-state index contributed by atoms with van der Waals surface area (Å²) in [6.45, 7) is 1.36. The molecule has 8 nitrogen and oxygen atoms in total. The summed E-state index contributed by atoms with van der Waals surface area (Å²) in [5, 5.41) is 3.19. The fourth-order valence-corrected chi connectivity index (χ4v) is 4.79. The second kappa shape index (κ2) is 10.7. The molecule has 0 spiro atoms. The third kappa shape index (κ3) is 5.55. The lowest BCUT2D eigenvalue weighted by Gasteiger charge is -2.24. The minimum atomic E-state index is -4.16. The number of methoxy groups -OCH3 is 3. The number of carbonyl (C=O) groups excluding carboxylic acids is 1. The molecule has 0 saturated heterocycles. The van der Waals surface area contributed by atoms with Crippen molar-refractivity contribution in [3.8, 4) is 17.2 Å². The van der Waals surface area contributed by atoms with Gasteiger partial charge in [0.1, 0.15) is 12.3 Å². The van der Waals surface area contributed by atoms with Crippen LogP contribution in [0.2, 0.25) is 5.02 Å². The molecule has 0 atom stereocenters. The second-order valence-corrected chi connectivity index (χ2v) is 9.51. The van der Waals surface area contributed by atoms with E-state index in [1.165, 1.54) is 39.5 Å². The Kier molecular flexibility index (Phi) is 7.90. The van der Waals surface area contributed by atoms with Crippen molar-refractivity contribution in [3.05, 3.63) is 71.2 Å². The molecule has 0 radical (unpaired) electrons. The number of rotatable bonds is 9. The Morgan fingerprint density at radius 1 is 0.912 bits per heavy atom. The molecule has 0 aromatic heterocycles. The van der Waals surface area contributed by atoms with E-state index in [9.17, 15) is 13.2 Å². The van der Waals surface area contributed by atoms with Gasteiger partial charge < -0.3 is 19.5 Å². The standard InChI is InChI=1S/C24H25ClN2O6S/c1-16-5-6-17(13-21(16)25)26-24(28)15-27(18-7-9-19(31-2)10-8-18)34(29,30)20-11-12-22(32-3)23(14-20)33-4/h5-14H,15H2,1-4H3,(H,26,28). The highest BCUT2D eigenvalue weighted by Crippen LogP contribution is 2.32. The molecule has 0 fully saturated rings. The minimum Gasteiger partial charge on any atom is -0.497 e. The first-order valence-corrected chi connectivity index (χ1v) is 12.0. The third-order valence-corrected chi connectivity index (χ3v) is 7.22. The van der Waals surface area contributed by atoms with E-state index < -0.39 is 22.5 Å². The molecule has 0 heterocycles. The van der Waals surface area contributed by atoms with Crippen molar-refractivity contribution in [2.75, 3.05) is 37.5 Å². The topological polar surface area (TPSA) is 94.2 Å². The minimum absolute atomic E-state index is 0.0628. The van der Waals surface area contributed by atoms with Crippen LogP contribution in [0.5, 0.6) is 17.2 Å². The number of sulfonamides is 1. The van der Waals surface area contributed by atoms with Gasteiger partial charge in [-0.2, -0.15) is 0 Å². The number of carbonyl (C=O) groups is 1. The van der Waals surface area contributed by atoms with E-state index in [4.69, 9.17) is 25.8 Å². The summed E-state index contributed by atoms with van der Waals surface area (Å²) in [4.78, 5) is 12.8. The highest BCUT2D eigenvalue weighted by Gasteiger charge is 2.28. The quantitative estimate of drug-likeness (QED) is 0.461. The number of ether oxygens (including phenoxy) is 3. The molecule has 0 unspecified atom stereocenters. The Bertz CT molecular complexity index is 1280. The third-order valence-electron chi connectivity index (χ3n) is 5.05. The first-order valence-electron chi connectivity index (χ1n) is 10.1. The van der Waals surface area contributed by atoms with E-state index in [0.717, 1.165) is 9.87 Å². The second-order valence-electron chi connectivity index (χ2n) is 7.24. The summed E-state index contributed by atoms with van der Waals surface area (Å²) in [6, 6.07) is 15.7. The van der Waals surface area contributed by atoms with Gasteiger partial charge in [0, 0.05) is 16.8 Å². The molecule has 3 rings (SSSR count). The molecule has 0 saturated carbocycles. The number of hydrogen-bond acceptors (Lipinski definition) is 6. The van der Waals surface area contributed by atoms with E-state index in [1.54, 1.807) is 42.5 Å². The Hall–Kier alpha value is -3.43. The summed E-state index contributed by atoms with van der Waals surface area (Å²) in [7, 11) is 0.212. The zero-order chi connectivity index (χ0) is 24.9. The van der Waals surface area contributed by atoms with E-state index >= 15 is 0 Å². The smallest absolute Gasteiger partial charge is 0.264 e. The molecule has 1 N–H and O–H groups in total. The van der Waals surface area contributed by atoms with Crippen LogP contribution in [0.4, 0.5) is 11.4 Å². The molecule has 34 heavy (non-hydrogen) atoms. The summed E-state index contributed by atoms with van der Waals surface area (Å²) < 4.78 is 43.9. The maximum atomic E-state index is 13.6. The Labute approximate surface area is 204 Å². The van der Waals surface area contributed by atoms with Crippen LogP contribution in [0.1, 0.15) is 5.56 Å². The number of hydrogen-bond donors (Lipinski definition) is 1. The van der Waals surface area contributed by atoms with Gasteiger partial charge in [0.2, 0.25) is 5.91 Å². The van der Waals surface area contributed by atoms with E-state index in [2.05, 4.69) is 5.32 Å². The SMILES string of the molecule is COc1ccc(N(CC(=O)Nc2ccc(C)c(Cl)c2)S(=O)(=O)c2ccc(OC)c(OC)c2)cc1. The molecule has 0 aliphatic heterocycles. The molecule has 10 heteroatoms. The number of nitrogens with zero attached hydrogens (tertiary/aromatic N) is 1. The van der Waals surface area contributed by atoms with Crippen LogP contribution in [-0.4, -0.2) is 42.2 Å². The molecule has 3 aromatic rings. The van der Waals surface area contributed by atoms with Gasteiger partial charge in [0.25, 0.3) is 10.0 Å². The van der Waals surface area contributed by atoms with Gasteiger partial charge in [-0.3, -0.25) is 9.10 Å². The highest BCUT2D eigenvalue weighted by molar-refractivity contribution is 7.92. The van der Waals surface area contributed by atoms with Crippen molar-refractivity contribution in [3.63, 3.8) is 0 Å². The van der Waals surface area contributed by atoms with Crippen LogP contribution in [0, 0.1) is 6.92 Å². The average molecular weight is 505 g/mol. The lowest BCUT2D eigenvalue weighted by Crippen LogP contribution is -2.38. The van der Waals surface area contributed by atoms with Crippen LogP contribution in [-0.2, 0) is 14.8 Å². The largest absolute Gasteiger partial charge is 0.497 e. The summed E-state index contributed by atoms with van der Waals surface area (Å²) >= 11 is 6.14. The van der Waals surface area contributed by atoms with Gasteiger partial charge in [-0.15, -0.1) is 0 Å². The first-order chi connectivity index (χ1) is 16.2. The van der Waals surface area contributed by atoms with Gasteiger partial charge >= 0.3 is 0 Å². The number of halogens is 1. The van der Waals surface area contributed by atoms with Crippen LogP contribution in [0.25, 0.3) is 0 Å². The van der Waals surface area contributed by atoms with Crippen molar-refractivity contribution in [1.82, 2.24) is 0 Å². The molecule has 0 aliphatic rings. The number of anilines is 2. The zero-order valence-electron chi connectivity index (χ0n) is 19.2. The maximum Gasteiger partial charge on any atom is 0.264 e. The maximum absolute atomic E-state index is 13.6. The molecule has 180 valence electrons. The first kappa shape index (κ1) is 25.2. The monoisotopic (exact) mass is 504 g/mol. The van der Waals surface area contributed by atoms with Gasteiger partial charge in [-0.05, 0) is 61.0 Å². The fraction of sp³-hybridized carbons (Fsp3) is 0.208. The molecule has 1 amide bonds. The van der Waals surface area contributed by atoms with Crippen LogP contribution < -0.4 is 23.8 Å². The number of amides is 1. The van der Waals surface area contributed by atoms with Crippen molar-refractivity contribution < 1.29 is 27.4 Å². The van der Waals surface area contributed by atoms with E-state index in [1.807, 2.05) is 6.92 Å². The summed E-state index contributed by atoms with van der Waals surface area (Å²) in [6.07, 6.45) is 0. The van der Waals surface area contributed by atoms with Crippen LogP contribution >= 0.6 is 11.6 Å². The molecule has 3 aromatic carbocycles. The zero-order valence-corrected chi connectivity index (χ0v) is 20.7. The Balaban J connectivity index is 1.99. The molecular formula is C24H25ClN2O6S. The van der Waals surface area contributed by atoms with E-state index in [0.29, 0.717) is 22.2 Å². The van der Waals surface area contributed by atoms with Crippen LogP contribution in [0.3, 0.4) is 0 Å². The van der Waals surface area contributed by atoms with Crippen LogP contribution in [0.15, 0.2) is 65.6 Å². The van der Waals surface area contributed by atoms with Crippen molar-refractivity contribution in [2.45, 2.75) is 11.8 Å². The van der Waals surface area contributed by atoms with Gasteiger partial charge in [0.05, 0.1) is 31.9 Å². The predicted octanol–water partition coefficient (Wildman–Crippen LogP) is 4.51. The Morgan fingerprint density at radius 3 is 2.18 bits per heavy atom. The van der Waals surface area contributed by atoms with Gasteiger partial charge in [-0.25, -0.2) is 8.42 Å². The van der Waals surface area contributed by atoms with Crippen molar-refractivity contribution >= 4 is 38.9 Å². The fourth-order valence-electron chi connectivity index (χ4n) is 3.17.